The van der Waals surface area contributed by atoms with Crippen molar-refractivity contribution in [2.24, 2.45) is 5.73 Å². The molecule has 3 rings (SSSR count). The lowest BCUT2D eigenvalue weighted by molar-refractivity contribution is 0.0313. The fourth-order valence-electron chi connectivity index (χ4n) is 2.77. The van der Waals surface area contributed by atoms with E-state index in [4.69, 9.17) is 10.5 Å². The number of nitrogens with zero attached hydrogens (tertiary/aromatic N) is 2. The van der Waals surface area contributed by atoms with Crippen LogP contribution in [0, 0.1) is 6.92 Å². The van der Waals surface area contributed by atoms with Crippen molar-refractivity contribution in [3.05, 3.63) is 17.3 Å². The maximum Gasteiger partial charge on any atom is 0.138 e. The van der Waals surface area contributed by atoms with Crippen LogP contribution in [0.5, 0.6) is 0 Å². The third-order valence-corrected chi connectivity index (χ3v) is 4.88. The smallest absolute Gasteiger partial charge is 0.138 e. The van der Waals surface area contributed by atoms with Gasteiger partial charge in [-0.05, 0) is 38.7 Å². The molecule has 0 bridgehead atoms. The first kappa shape index (κ1) is 14.7. The van der Waals surface area contributed by atoms with Crippen LogP contribution in [-0.4, -0.2) is 35.3 Å². The van der Waals surface area contributed by atoms with Crippen LogP contribution in [0.1, 0.15) is 30.6 Å². The second-order valence-corrected chi connectivity index (χ2v) is 6.87. The monoisotopic (exact) mass is 306 g/mol. The largest absolute Gasteiger partial charge is 0.376 e. The van der Waals surface area contributed by atoms with E-state index in [1.54, 1.807) is 17.7 Å². The first-order valence-electron chi connectivity index (χ1n) is 7.54. The van der Waals surface area contributed by atoms with Crippen LogP contribution in [0.4, 0.5) is 5.82 Å². The van der Waals surface area contributed by atoms with Crippen LogP contribution in [0.25, 0.3) is 10.2 Å². The number of aryl methyl sites for hydroxylation is 1. The van der Waals surface area contributed by atoms with Gasteiger partial charge in [0.05, 0.1) is 18.1 Å². The molecule has 2 heterocycles. The molecule has 6 heteroatoms. The Morgan fingerprint density at radius 3 is 2.95 bits per heavy atom. The Balaban J connectivity index is 1.48. The Morgan fingerprint density at radius 2 is 2.14 bits per heavy atom. The Kier molecular flexibility index (Phi) is 4.67. The number of anilines is 1. The van der Waals surface area contributed by atoms with Gasteiger partial charge in [-0.25, -0.2) is 9.97 Å². The summed E-state index contributed by atoms with van der Waals surface area (Å²) in [5, 5.41) is 4.46. The summed E-state index contributed by atoms with van der Waals surface area (Å²) in [6, 6.07) is 2.50. The normalized spacial score (nSPS) is 22.6. The van der Waals surface area contributed by atoms with Gasteiger partial charge in [0.15, 0.2) is 0 Å². The topological polar surface area (TPSA) is 73.1 Å². The van der Waals surface area contributed by atoms with Crippen molar-refractivity contribution in [3.63, 3.8) is 0 Å². The lowest BCUT2D eigenvalue weighted by atomic mass is 9.94. The number of thiophene rings is 1. The van der Waals surface area contributed by atoms with Crippen LogP contribution >= 0.6 is 11.3 Å². The Hall–Kier alpha value is -1.24. The Bertz CT molecular complexity index is 592. The molecule has 5 nitrogen and oxygen atoms in total. The van der Waals surface area contributed by atoms with Crippen molar-refractivity contribution in [1.82, 2.24) is 9.97 Å². The molecule has 2 aromatic heterocycles. The summed E-state index contributed by atoms with van der Waals surface area (Å²) in [7, 11) is 0. The average Bonchev–Trinajstić information content (AvgIpc) is 2.86. The van der Waals surface area contributed by atoms with Crippen molar-refractivity contribution in [2.45, 2.75) is 44.8 Å². The summed E-state index contributed by atoms with van der Waals surface area (Å²) in [4.78, 5) is 10.9. The zero-order chi connectivity index (χ0) is 14.7. The molecular weight excluding hydrogens is 284 g/mol. The molecule has 1 fully saturated rings. The number of rotatable bonds is 5. The van der Waals surface area contributed by atoms with E-state index in [2.05, 4.69) is 28.3 Å². The predicted molar refractivity (Wildman–Crippen MR) is 86.8 cm³/mol. The molecule has 1 saturated carbocycles. The number of fused-ring (bicyclic) bond motifs is 1. The third-order valence-electron chi connectivity index (χ3n) is 3.92. The highest BCUT2D eigenvalue weighted by atomic mass is 32.1. The number of ether oxygens (including phenoxy) is 1. The SMILES string of the molecule is Cc1cc2c(NCCOC3CCC(N)CC3)ncnc2s1. The molecule has 0 atom stereocenters. The van der Waals surface area contributed by atoms with Crippen LogP contribution < -0.4 is 11.1 Å². The molecule has 0 saturated heterocycles. The van der Waals surface area contributed by atoms with E-state index in [0.717, 1.165) is 48.3 Å². The van der Waals surface area contributed by atoms with Crippen LogP contribution in [0.15, 0.2) is 12.4 Å². The van der Waals surface area contributed by atoms with Crippen LogP contribution in [-0.2, 0) is 4.74 Å². The van der Waals surface area contributed by atoms with Gasteiger partial charge in [-0.15, -0.1) is 11.3 Å². The Labute approximate surface area is 128 Å². The molecule has 0 aromatic carbocycles. The van der Waals surface area contributed by atoms with Gasteiger partial charge in [0.2, 0.25) is 0 Å². The molecule has 0 amide bonds. The number of hydrogen-bond acceptors (Lipinski definition) is 6. The van der Waals surface area contributed by atoms with Crippen LogP contribution in [0.2, 0.25) is 0 Å². The van der Waals surface area contributed by atoms with E-state index in [9.17, 15) is 0 Å². The van der Waals surface area contributed by atoms with Gasteiger partial charge < -0.3 is 15.8 Å². The Morgan fingerprint density at radius 1 is 1.33 bits per heavy atom. The van der Waals surface area contributed by atoms with Crippen LogP contribution in [0.3, 0.4) is 0 Å². The van der Waals surface area contributed by atoms with Gasteiger partial charge in [0.1, 0.15) is 17.0 Å². The maximum atomic E-state index is 5.91. The van der Waals surface area contributed by atoms with Gasteiger partial charge >= 0.3 is 0 Å². The highest BCUT2D eigenvalue weighted by molar-refractivity contribution is 7.18. The van der Waals surface area contributed by atoms with Crippen molar-refractivity contribution < 1.29 is 4.74 Å². The van der Waals surface area contributed by atoms with Gasteiger partial charge in [0, 0.05) is 17.5 Å². The van der Waals surface area contributed by atoms with Gasteiger partial charge in [-0.2, -0.15) is 0 Å². The van der Waals surface area contributed by atoms with Crippen molar-refractivity contribution in [1.29, 1.82) is 0 Å². The lowest BCUT2D eigenvalue weighted by Gasteiger charge is -2.26. The molecule has 0 aliphatic heterocycles. The molecule has 1 aliphatic carbocycles. The molecule has 3 N–H and O–H groups in total. The molecule has 21 heavy (non-hydrogen) atoms. The van der Waals surface area contributed by atoms with Gasteiger partial charge in [0.25, 0.3) is 0 Å². The lowest BCUT2D eigenvalue weighted by Crippen LogP contribution is -2.31. The van der Waals surface area contributed by atoms with Gasteiger partial charge in [-0.3, -0.25) is 0 Å². The highest BCUT2D eigenvalue weighted by Gasteiger charge is 2.18. The van der Waals surface area contributed by atoms with Crippen molar-refractivity contribution >= 4 is 27.4 Å². The molecule has 1 aliphatic rings. The molecule has 0 spiro atoms. The predicted octanol–water partition coefficient (Wildman–Crippen LogP) is 2.70. The second-order valence-electron chi connectivity index (χ2n) is 5.63. The van der Waals surface area contributed by atoms with Gasteiger partial charge in [-0.1, -0.05) is 0 Å². The molecule has 0 radical (unpaired) electrons. The third kappa shape index (κ3) is 3.70. The second kappa shape index (κ2) is 6.68. The fourth-order valence-corrected chi connectivity index (χ4v) is 3.61. The number of nitrogens with two attached hydrogens (primary N) is 1. The maximum absolute atomic E-state index is 5.91. The van der Waals surface area contributed by atoms with E-state index in [1.165, 1.54) is 4.88 Å². The zero-order valence-corrected chi connectivity index (χ0v) is 13.2. The summed E-state index contributed by atoms with van der Waals surface area (Å²) >= 11 is 1.69. The quantitative estimate of drug-likeness (QED) is 0.831. The van der Waals surface area contributed by atoms with Crippen molar-refractivity contribution in [2.75, 3.05) is 18.5 Å². The van der Waals surface area contributed by atoms with E-state index in [1.807, 2.05) is 0 Å². The minimum absolute atomic E-state index is 0.374. The molecular formula is C15H22N4OS. The standard InChI is InChI=1S/C15H22N4OS/c1-10-8-13-14(18-9-19-15(13)21-10)17-6-7-20-12-4-2-11(16)3-5-12/h8-9,11-12H,2-7,16H2,1H3,(H,17,18,19). The summed E-state index contributed by atoms with van der Waals surface area (Å²) < 4.78 is 5.91. The first-order valence-corrected chi connectivity index (χ1v) is 8.36. The minimum Gasteiger partial charge on any atom is -0.376 e. The van der Waals surface area contributed by atoms with E-state index in [-0.39, 0.29) is 0 Å². The summed E-state index contributed by atoms with van der Waals surface area (Å²) in [6.45, 7) is 3.56. The minimum atomic E-state index is 0.374. The van der Waals surface area contributed by atoms with E-state index in [0.29, 0.717) is 18.8 Å². The fraction of sp³-hybridized carbons (Fsp3) is 0.600. The van der Waals surface area contributed by atoms with Crippen molar-refractivity contribution in [3.8, 4) is 0 Å². The number of aromatic nitrogens is 2. The molecule has 2 aromatic rings. The molecule has 0 unspecified atom stereocenters. The first-order chi connectivity index (χ1) is 10.2. The average molecular weight is 306 g/mol. The highest BCUT2D eigenvalue weighted by Crippen LogP contribution is 2.27. The summed E-state index contributed by atoms with van der Waals surface area (Å²) in [5.41, 5.74) is 5.90. The zero-order valence-electron chi connectivity index (χ0n) is 12.3. The summed E-state index contributed by atoms with van der Waals surface area (Å²) in [6.07, 6.45) is 6.33. The number of hydrogen-bond donors (Lipinski definition) is 2. The number of nitrogens with one attached hydrogen (secondary N) is 1. The van der Waals surface area contributed by atoms with E-state index >= 15 is 0 Å². The van der Waals surface area contributed by atoms with E-state index < -0.39 is 0 Å². The summed E-state index contributed by atoms with van der Waals surface area (Å²) in [5.74, 6) is 0.901. The molecule has 114 valence electrons.